The maximum atomic E-state index is 12.2. The summed E-state index contributed by atoms with van der Waals surface area (Å²) in [6.45, 7) is 4.20. The molecular formula is C13H22N2O2S3. The lowest BCUT2D eigenvalue weighted by atomic mass is 10.2. The summed E-state index contributed by atoms with van der Waals surface area (Å²) in [4.78, 5) is 1.45. The molecule has 0 aliphatic carbocycles. The zero-order valence-electron chi connectivity index (χ0n) is 11.7. The Kier molecular flexibility index (Phi) is 6.35. The lowest BCUT2D eigenvalue weighted by Gasteiger charge is -2.21. The molecule has 1 saturated heterocycles. The molecule has 7 heteroatoms. The molecule has 1 unspecified atom stereocenters. The van der Waals surface area contributed by atoms with E-state index in [4.69, 9.17) is 0 Å². The topological polar surface area (TPSA) is 58.2 Å². The van der Waals surface area contributed by atoms with Gasteiger partial charge in [-0.2, -0.15) is 11.8 Å². The molecule has 2 heterocycles. The number of hydrogen-bond acceptors (Lipinski definition) is 5. The van der Waals surface area contributed by atoms with E-state index in [0.717, 1.165) is 30.1 Å². The van der Waals surface area contributed by atoms with E-state index < -0.39 is 10.0 Å². The second-order valence-electron chi connectivity index (χ2n) is 4.87. The average Bonchev–Trinajstić information content (AvgIpc) is 2.94. The van der Waals surface area contributed by atoms with Crippen molar-refractivity contribution in [2.24, 2.45) is 0 Å². The standard InChI is InChI=1S/C13H22N2O2S3/c1-2-14-8-12-7-13(10-19-12)20(16,17)15-9-11-5-3-4-6-18-11/h7,10-11,14-15H,2-6,8-9H2,1H3. The van der Waals surface area contributed by atoms with Gasteiger partial charge >= 0.3 is 0 Å². The Bertz CT molecular complexity index is 507. The van der Waals surface area contributed by atoms with Gasteiger partial charge in [0.2, 0.25) is 10.0 Å². The molecule has 0 aromatic carbocycles. The Morgan fingerprint density at radius 3 is 2.95 bits per heavy atom. The first kappa shape index (κ1) is 16.3. The molecule has 20 heavy (non-hydrogen) atoms. The Hall–Kier alpha value is -0.0800. The zero-order chi connectivity index (χ0) is 14.4. The Morgan fingerprint density at radius 1 is 1.40 bits per heavy atom. The highest BCUT2D eigenvalue weighted by Crippen LogP contribution is 2.25. The van der Waals surface area contributed by atoms with Gasteiger partial charge in [-0.05, 0) is 31.2 Å². The van der Waals surface area contributed by atoms with E-state index in [1.54, 1.807) is 11.4 Å². The van der Waals surface area contributed by atoms with Crippen molar-refractivity contribution in [3.63, 3.8) is 0 Å². The number of thiophene rings is 1. The van der Waals surface area contributed by atoms with Gasteiger partial charge in [0, 0.05) is 28.6 Å². The van der Waals surface area contributed by atoms with Crippen LogP contribution in [0.15, 0.2) is 16.3 Å². The van der Waals surface area contributed by atoms with Crippen LogP contribution in [0.2, 0.25) is 0 Å². The van der Waals surface area contributed by atoms with Crippen molar-refractivity contribution in [3.8, 4) is 0 Å². The molecule has 0 bridgehead atoms. The molecule has 0 spiro atoms. The first-order valence-corrected chi connectivity index (χ1v) is 10.4. The summed E-state index contributed by atoms with van der Waals surface area (Å²) in [5.41, 5.74) is 0. The van der Waals surface area contributed by atoms with Crippen molar-refractivity contribution in [2.75, 3.05) is 18.8 Å². The molecule has 1 fully saturated rings. The first-order valence-electron chi connectivity index (χ1n) is 7.01. The average molecular weight is 335 g/mol. The van der Waals surface area contributed by atoms with Crippen LogP contribution in [-0.2, 0) is 16.6 Å². The summed E-state index contributed by atoms with van der Waals surface area (Å²) < 4.78 is 27.2. The molecule has 4 nitrogen and oxygen atoms in total. The van der Waals surface area contributed by atoms with Crippen molar-refractivity contribution in [1.29, 1.82) is 0 Å². The fourth-order valence-corrected chi connectivity index (χ4v) is 5.77. The monoisotopic (exact) mass is 334 g/mol. The number of sulfonamides is 1. The fourth-order valence-electron chi connectivity index (χ4n) is 2.10. The second kappa shape index (κ2) is 7.79. The van der Waals surface area contributed by atoms with Gasteiger partial charge in [0.15, 0.2) is 0 Å². The molecule has 1 aliphatic heterocycles. The van der Waals surface area contributed by atoms with Gasteiger partial charge in [-0.1, -0.05) is 13.3 Å². The van der Waals surface area contributed by atoms with E-state index in [2.05, 4.69) is 10.0 Å². The van der Waals surface area contributed by atoms with Gasteiger partial charge in [-0.3, -0.25) is 0 Å². The van der Waals surface area contributed by atoms with E-state index in [1.165, 1.54) is 24.2 Å². The summed E-state index contributed by atoms with van der Waals surface area (Å²) in [7, 11) is -3.34. The van der Waals surface area contributed by atoms with E-state index >= 15 is 0 Å². The molecule has 2 rings (SSSR count). The van der Waals surface area contributed by atoms with E-state index in [-0.39, 0.29) is 0 Å². The summed E-state index contributed by atoms with van der Waals surface area (Å²) >= 11 is 3.37. The molecule has 0 radical (unpaired) electrons. The highest BCUT2D eigenvalue weighted by Gasteiger charge is 2.20. The summed E-state index contributed by atoms with van der Waals surface area (Å²) in [6.07, 6.45) is 3.58. The minimum atomic E-state index is -3.34. The SMILES string of the molecule is CCNCc1cc(S(=O)(=O)NCC2CCCCS2)cs1. The predicted molar refractivity (Wildman–Crippen MR) is 87.0 cm³/mol. The highest BCUT2D eigenvalue weighted by atomic mass is 32.2. The van der Waals surface area contributed by atoms with Crippen LogP contribution in [0.3, 0.4) is 0 Å². The van der Waals surface area contributed by atoms with Crippen molar-refractivity contribution < 1.29 is 8.42 Å². The number of rotatable bonds is 7. The van der Waals surface area contributed by atoms with Crippen LogP contribution in [0.25, 0.3) is 0 Å². The Morgan fingerprint density at radius 2 is 2.25 bits per heavy atom. The van der Waals surface area contributed by atoms with Crippen molar-refractivity contribution >= 4 is 33.1 Å². The first-order chi connectivity index (χ1) is 9.62. The summed E-state index contributed by atoms with van der Waals surface area (Å²) in [5, 5.41) is 5.36. The number of thioether (sulfide) groups is 1. The number of nitrogens with one attached hydrogen (secondary N) is 2. The minimum Gasteiger partial charge on any atom is -0.312 e. The predicted octanol–water partition coefficient (Wildman–Crippen LogP) is 2.42. The fraction of sp³-hybridized carbons (Fsp3) is 0.692. The second-order valence-corrected chi connectivity index (χ2v) is 9.04. The van der Waals surface area contributed by atoms with Crippen molar-refractivity contribution in [1.82, 2.24) is 10.0 Å². The largest absolute Gasteiger partial charge is 0.312 e. The van der Waals surface area contributed by atoms with Crippen LogP contribution in [0.4, 0.5) is 0 Å². The van der Waals surface area contributed by atoms with Gasteiger partial charge in [-0.15, -0.1) is 11.3 Å². The minimum absolute atomic E-state index is 0.399. The van der Waals surface area contributed by atoms with E-state index in [1.807, 2.05) is 18.7 Å². The van der Waals surface area contributed by atoms with Crippen LogP contribution >= 0.6 is 23.1 Å². The Balaban J connectivity index is 1.90. The van der Waals surface area contributed by atoms with Crippen LogP contribution in [0.5, 0.6) is 0 Å². The van der Waals surface area contributed by atoms with Gasteiger partial charge in [0.1, 0.15) is 0 Å². The quantitative estimate of drug-likeness (QED) is 0.804. The van der Waals surface area contributed by atoms with E-state index in [0.29, 0.717) is 16.7 Å². The van der Waals surface area contributed by atoms with Crippen molar-refractivity contribution in [3.05, 3.63) is 16.3 Å². The lowest BCUT2D eigenvalue weighted by molar-refractivity contribution is 0.574. The van der Waals surface area contributed by atoms with Crippen LogP contribution in [0, 0.1) is 0 Å². The highest BCUT2D eigenvalue weighted by molar-refractivity contribution is 8.00. The van der Waals surface area contributed by atoms with Gasteiger partial charge < -0.3 is 5.32 Å². The molecule has 0 saturated carbocycles. The molecule has 114 valence electrons. The van der Waals surface area contributed by atoms with Crippen LogP contribution in [-0.4, -0.2) is 32.5 Å². The Labute approximate surface area is 129 Å². The van der Waals surface area contributed by atoms with Gasteiger partial charge in [0.25, 0.3) is 0 Å². The van der Waals surface area contributed by atoms with Crippen molar-refractivity contribution in [2.45, 2.75) is 42.9 Å². The van der Waals surface area contributed by atoms with Gasteiger partial charge in [-0.25, -0.2) is 13.1 Å². The van der Waals surface area contributed by atoms with E-state index in [9.17, 15) is 8.42 Å². The molecule has 1 aromatic heterocycles. The maximum absolute atomic E-state index is 12.2. The molecule has 1 aliphatic rings. The molecular weight excluding hydrogens is 312 g/mol. The maximum Gasteiger partial charge on any atom is 0.241 e. The summed E-state index contributed by atoms with van der Waals surface area (Å²) in [5.74, 6) is 1.15. The normalized spacial score (nSPS) is 20.1. The van der Waals surface area contributed by atoms with Crippen LogP contribution in [0.1, 0.15) is 31.1 Å². The molecule has 1 atom stereocenters. The zero-order valence-corrected chi connectivity index (χ0v) is 14.2. The third-order valence-corrected chi connectivity index (χ3v) is 7.15. The number of hydrogen-bond donors (Lipinski definition) is 2. The lowest BCUT2D eigenvalue weighted by Crippen LogP contribution is -2.31. The third-order valence-electron chi connectivity index (χ3n) is 3.26. The smallest absolute Gasteiger partial charge is 0.241 e. The third kappa shape index (κ3) is 4.73. The molecule has 2 N–H and O–H groups in total. The molecule has 1 aromatic rings. The van der Waals surface area contributed by atoms with Gasteiger partial charge in [0.05, 0.1) is 4.90 Å². The molecule has 0 amide bonds. The van der Waals surface area contributed by atoms with Crippen LogP contribution < -0.4 is 10.0 Å². The summed E-state index contributed by atoms with van der Waals surface area (Å²) in [6, 6.07) is 1.77.